The molecule has 0 aliphatic heterocycles. The average molecular weight is 726 g/mol. The number of benzene rings is 1. The number of ether oxygens (including phenoxy) is 1. The molecule has 33 heavy (non-hydrogen) atoms. The largest absolute Gasteiger partial charge is 0.743 e. The molecule has 2 rings (SSSR count). The van der Waals surface area contributed by atoms with Crippen molar-refractivity contribution >= 4 is 67.2 Å². The second-order valence-electron chi connectivity index (χ2n) is 7.13. The van der Waals surface area contributed by atoms with E-state index in [9.17, 15) is 49.6 Å². The summed E-state index contributed by atoms with van der Waals surface area (Å²) >= 11 is 3.65. The highest BCUT2D eigenvalue weighted by Gasteiger charge is 2.63. The van der Waals surface area contributed by atoms with Gasteiger partial charge in [0, 0.05) is 9.61 Å². The van der Waals surface area contributed by atoms with Crippen molar-refractivity contribution in [1.82, 2.24) is 5.32 Å². The van der Waals surface area contributed by atoms with Gasteiger partial charge >= 0.3 is 17.4 Å². The van der Waals surface area contributed by atoms with E-state index in [2.05, 4.69) is 10.1 Å². The van der Waals surface area contributed by atoms with E-state index in [4.69, 9.17) is 0 Å². The van der Waals surface area contributed by atoms with Crippen LogP contribution in [0, 0.1) is 13.1 Å². The normalized spacial score (nSPS) is 20.7. The number of carbonyl (C=O) groups excluding carboxylic acids is 2. The second-order valence-corrected chi connectivity index (χ2v) is 11.0. The van der Waals surface area contributed by atoms with Gasteiger partial charge in [0.05, 0.1) is 15.1 Å². The monoisotopic (exact) mass is 726 g/mol. The zero-order chi connectivity index (χ0) is 25.4. The summed E-state index contributed by atoms with van der Waals surface area (Å²) in [6.07, 6.45) is -9.95. The molecule has 0 spiro atoms. The summed E-state index contributed by atoms with van der Waals surface area (Å²) in [6.45, 7) is 0. The number of hydrogen-bond acceptors (Lipinski definition) is 7. The van der Waals surface area contributed by atoms with E-state index in [0.717, 1.165) is 0 Å². The van der Waals surface area contributed by atoms with Crippen LogP contribution in [-0.4, -0.2) is 53.5 Å². The maximum Gasteiger partial charge on any atom is 0.432 e. The van der Waals surface area contributed by atoms with Crippen LogP contribution in [0.25, 0.3) is 0 Å². The number of rotatable bonds is 6. The number of amides is 1. The minimum atomic E-state index is -6.82. The van der Waals surface area contributed by atoms with Crippen molar-refractivity contribution in [2.75, 3.05) is 0 Å². The lowest BCUT2D eigenvalue weighted by Crippen LogP contribution is -2.54. The molecule has 1 aliphatic rings. The lowest BCUT2D eigenvalue weighted by atomic mass is 9.84. The van der Waals surface area contributed by atoms with Gasteiger partial charge in [-0.15, -0.1) is 0 Å². The number of aromatic hydroxyl groups is 1. The maximum atomic E-state index is 13.7. The first-order valence-electron chi connectivity index (χ1n) is 9.06. The molecule has 16 heteroatoms. The molecule has 1 aromatic rings. The molecular weight excluding hydrogens is 711 g/mol. The van der Waals surface area contributed by atoms with E-state index in [1.165, 1.54) is 6.07 Å². The summed E-state index contributed by atoms with van der Waals surface area (Å²) in [5.41, 5.74) is -0.179. The fourth-order valence-corrected chi connectivity index (χ4v) is 5.52. The summed E-state index contributed by atoms with van der Waals surface area (Å²) in [6, 6.07) is 1.73. The Morgan fingerprint density at radius 3 is 2.27 bits per heavy atom. The molecule has 186 valence electrons. The Labute approximate surface area is 211 Å². The highest BCUT2D eigenvalue weighted by atomic mass is 127. The standard InChI is InChI=1S/C17H16F5I2NO7S/c18-16(19,20)15(17(21,22)33(29,30)31)32-14(28)8-3-1-2-4-11(8)25-13(27)9-5-7(23)6-10(24)12(9)26/h5-6,8,11,15,26H,1-4H2,(H,25,27)(H,29,30,31)/p-1. The van der Waals surface area contributed by atoms with E-state index in [1.807, 2.05) is 22.6 Å². The van der Waals surface area contributed by atoms with E-state index < -0.39 is 51.5 Å². The number of halogens is 7. The van der Waals surface area contributed by atoms with Crippen LogP contribution in [0.3, 0.4) is 0 Å². The zero-order valence-corrected chi connectivity index (χ0v) is 21.3. The van der Waals surface area contributed by atoms with Crippen LogP contribution in [0.5, 0.6) is 5.75 Å². The third-order valence-corrected chi connectivity index (χ3v) is 7.15. The summed E-state index contributed by atoms with van der Waals surface area (Å²) in [5.74, 6) is -4.61. The third kappa shape index (κ3) is 6.56. The van der Waals surface area contributed by atoms with Crippen LogP contribution in [-0.2, 0) is 19.6 Å². The van der Waals surface area contributed by atoms with Gasteiger partial charge < -0.3 is 19.7 Å². The first kappa shape index (κ1) is 28.2. The summed E-state index contributed by atoms with van der Waals surface area (Å²) in [4.78, 5) is 25.0. The lowest BCUT2D eigenvalue weighted by molar-refractivity contribution is -0.261. The van der Waals surface area contributed by atoms with Gasteiger partial charge in [-0.05, 0) is 70.2 Å². The SMILES string of the molecule is O=C(NC1CCCCC1C(=O)OC(C(F)(F)F)C(F)(F)S(=O)(=O)[O-])c1cc(I)cc(I)c1O. The predicted octanol–water partition coefficient (Wildman–Crippen LogP) is 3.50. The first-order chi connectivity index (χ1) is 15.0. The number of phenolic OH excluding ortho intramolecular Hbond substituents is 1. The quantitative estimate of drug-likeness (QED) is 0.199. The van der Waals surface area contributed by atoms with Crippen LogP contribution < -0.4 is 5.32 Å². The van der Waals surface area contributed by atoms with Gasteiger partial charge in [0.2, 0.25) is 0 Å². The Kier molecular flexibility index (Phi) is 8.81. The van der Waals surface area contributed by atoms with Gasteiger partial charge in [0.15, 0.2) is 10.1 Å². The van der Waals surface area contributed by atoms with Gasteiger partial charge in [-0.3, -0.25) is 9.59 Å². The smallest absolute Gasteiger partial charge is 0.432 e. The molecule has 3 unspecified atom stereocenters. The molecule has 1 amide bonds. The minimum absolute atomic E-state index is 0.0697. The van der Waals surface area contributed by atoms with Crippen LogP contribution in [0.4, 0.5) is 22.0 Å². The van der Waals surface area contributed by atoms with Crippen LogP contribution >= 0.6 is 45.2 Å². The van der Waals surface area contributed by atoms with E-state index >= 15 is 0 Å². The topological polar surface area (TPSA) is 133 Å². The Hall–Kier alpha value is -1.02. The summed E-state index contributed by atoms with van der Waals surface area (Å²) in [5, 5.41) is 6.54. The molecule has 1 aliphatic carbocycles. The minimum Gasteiger partial charge on any atom is -0.743 e. The maximum absolute atomic E-state index is 13.7. The lowest BCUT2D eigenvalue weighted by Gasteiger charge is -2.34. The van der Waals surface area contributed by atoms with Crippen molar-refractivity contribution in [3.63, 3.8) is 0 Å². The highest BCUT2D eigenvalue weighted by molar-refractivity contribution is 14.1. The molecule has 0 radical (unpaired) electrons. The molecule has 8 nitrogen and oxygen atoms in total. The van der Waals surface area contributed by atoms with Gasteiger partial charge in [-0.2, -0.15) is 22.0 Å². The van der Waals surface area contributed by atoms with Gasteiger partial charge in [0.25, 0.3) is 12.0 Å². The summed E-state index contributed by atoms with van der Waals surface area (Å²) < 4.78 is 103. The Morgan fingerprint density at radius 1 is 1.15 bits per heavy atom. The van der Waals surface area contributed by atoms with E-state index in [1.54, 1.807) is 28.7 Å². The fraction of sp³-hybridized carbons (Fsp3) is 0.529. The molecule has 1 aromatic carbocycles. The fourth-order valence-electron chi connectivity index (χ4n) is 3.23. The van der Waals surface area contributed by atoms with Crippen LogP contribution in [0.1, 0.15) is 36.0 Å². The van der Waals surface area contributed by atoms with E-state index in [0.29, 0.717) is 13.6 Å². The highest BCUT2D eigenvalue weighted by Crippen LogP contribution is 2.39. The molecule has 0 heterocycles. The Balaban J connectivity index is 2.28. The third-order valence-electron chi connectivity index (χ3n) is 4.83. The van der Waals surface area contributed by atoms with Crippen LogP contribution in [0.15, 0.2) is 12.1 Å². The second kappa shape index (κ2) is 10.3. The van der Waals surface area contributed by atoms with Crippen molar-refractivity contribution in [2.24, 2.45) is 5.92 Å². The van der Waals surface area contributed by atoms with Gasteiger partial charge in [0.1, 0.15) is 5.75 Å². The average Bonchev–Trinajstić information content (AvgIpc) is 2.67. The number of nitrogens with one attached hydrogen (secondary N) is 1. The number of phenols is 1. The Morgan fingerprint density at radius 2 is 1.73 bits per heavy atom. The van der Waals surface area contributed by atoms with Crippen molar-refractivity contribution in [3.05, 3.63) is 24.8 Å². The van der Waals surface area contributed by atoms with Crippen molar-refractivity contribution in [1.29, 1.82) is 0 Å². The molecule has 0 bridgehead atoms. The molecule has 1 saturated carbocycles. The first-order valence-corrected chi connectivity index (χ1v) is 12.6. The van der Waals surface area contributed by atoms with Gasteiger partial charge in [-0.1, -0.05) is 12.8 Å². The van der Waals surface area contributed by atoms with Gasteiger partial charge in [-0.25, -0.2) is 8.42 Å². The molecular formula is C17H15F5I2NO7S-. The number of esters is 1. The summed E-state index contributed by atoms with van der Waals surface area (Å²) in [7, 11) is -6.82. The molecule has 3 atom stereocenters. The Bertz CT molecular complexity index is 1040. The molecule has 0 saturated heterocycles. The number of alkyl halides is 5. The number of hydrogen-bond donors (Lipinski definition) is 2. The van der Waals surface area contributed by atoms with E-state index in [-0.39, 0.29) is 30.6 Å². The zero-order valence-electron chi connectivity index (χ0n) is 16.2. The molecule has 0 aromatic heterocycles. The van der Waals surface area contributed by atoms with Crippen molar-refractivity contribution < 1.29 is 54.4 Å². The number of carbonyl (C=O) groups is 2. The predicted molar refractivity (Wildman–Crippen MR) is 117 cm³/mol. The molecule has 1 fully saturated rings. The van der Waals surface area contributed by atoms with Crippen LogP contribution in [0.2, 0.25) is 0 Å². The van der Waals surface area contributed by atoms with Crippen molar-refractivity contribution in [3.8, 4) is 5.75 Å². The molecule has 2 N–H and O–H groups in total. The van der Waals surface area contributed by atoms with Crippen molar-refractivity contribution in [2.45, 2.75) is 49.3 Å².